The molecule has 0 unspecified atom stereocenters. The summed E-state index contributed by atoms with van der Waals surface area (Å²) in [6.45, 7) is 3.70. The van der Waals surface area contributed by atoms with Crippen LogP contribution in [-0.4, -0.2) is 49.2 Å². The highest BCUT2D eigenvalue weighted by Crippen LogP contribution is 2.36. The van der Waals surface area contributed by atoms with Crippen molar-refractivity contribution in [1.29, 1.82) is 0 Å². The maximum absolute atomic E-state index is 12.9. The molecule has 0 atom stereocenters. The van der Waals surface area contributed by atoms with Crippen LogP contribution in [0.25, 0.3) is 0 Å². The van der Waals surface area contributed by atoms with Crippen LogP contribution in [-0.2, 0) is 16.0 Å². The summed E-state index contributed by atoms with van der Waals surface area (Å²) in [5, 5.41) is 3.11. The first-order valence-electron chi connectivity index (χ1n) is 8.56. The molecular formula is C18H25FN2O2. The van der Waals surface area contributed by atoms with Crippen molar-refractivity contribution < 1.29 is 13.9 Å². The normalized spacial score (nSPS) is 21.3. The monoisotopic (exact) mass is 320 g/mol. The Bertz CT molecular complexity index is 520. The molecule has 0 radical (unpaired) electrons. The minimum atomic E-state index is -0.341. The van der Waals surface area contributed by atoms with Crippen molar-refractivity contribution in [3.8, 4) is 0 Å². The molecule has 1 heterocycles. The largest absolute Gasteiger partial charge is 0.379 e. The average Bonchev–Trinajstić information content (AvgIpc) is 3.08. The van der Waals surface area contributed by atoms with Gasteiger partial charge in [0.05, 0.1) is 13.2 Å². The van der Waals surface area contributed by atoms with Gasteiger partial charge < -0.3 is 10.1 Å². The van der Waals surface area contributed by atoms with Gasteiger partial charge in [-0.25, -0.2) is 4.39 Å². The number of ether oxygens (including phenoxy) is 1. The predicted molar refractivity (Wildman–Crippen MR) is 86.7 cm³/mol. The molecule has 3 rings (SSSR count). The lowest BCUT2D eigenvalue weighted by Gasteiger charge is -2.42. The van der Waals surface area contributed by atoms with Crippen LogP contribution in [0.1, 0.15) is 31.2 Å². The Labute approximate surface area is 137 Å². The van der Waals surface area contributed by atoms with Crippen molar-refractivity contribution in [3.05, 3.63) is 35.6 Å². The van der Waals surface area contributed by atoms with E-state index in [4.69, 9.17) is 4.74 Å². The molecule has 5 heteroatoms. The first-order valence-corrected chi connectivity index (χ1v) is 8.56. The van der Waals surface area contributed by atoms with Crippen molar-refractivity contribution in [1.82, 2.24) is 10.2 Å². The third-order valence-corrected chi connectivity index (χ3v) is 5.08. The number of hydrogen-bond donors (Lipinski definition) is 1. The van der Waals surface area contributed by atoms with Gasteiger partial charge in [-0.3, -0.25) is 9.69 Å². The van der Waals surface area contributed by atoms with E-state index in [-0.39, 0.29) is 17.3 Å². The number of carbonyl (C=O) groups excluding carboxylic acids is 1. The zero-order valence-corrected chi connectivity index (χ0v) is 13.5. The van der Waals surface area contributed by atoms with Crippen LogP contribution in [0.3, 0.4) is 0 Å². The van der Waals surface area contributed by atoms with Gasteiger partial charge in [0.1, 0.15) is 11.4 Å². The van der Waals surface area contributed by atoms with Crippen LogP contribution >= 0.6 is 0 Å². The molecule has 1 aromatic carbocycles. The van der Waals surface area contributed by atoms with E-state index in [9.17, 15) is 9.18 Å². The third kappa shape index (κ3) is 3.72. The fourth-order valence-corrected chi connectivity index (χ4v) is 3.77. The molecule has 1 saturated heterocycles. The lowest BCUT2D eigenvalue weighted by atomic mass is 9.93. The van der Waals surface area contributed by atoms with E-state index in [2.05, 4.69) is 10.2 Å². The second kappa shape index (κ2) is 7.41. The summed E-state index contributed by atoms with van der Waals surface area (Å²) in [4.78, 5) is 15.2. The zero-order chi connectivity index (χ0) is 16.1. The molecular weight excluding hydrogens is 295 g/mol. The summed E-state index contributed by atoms with van der Waals surface area (Å²) >= 11 is 0. The molecule has 23 heavy (non-hydrogen) atoms. The Morgan fingerprint density at radius 2 is 1.83 bits per heavy atom. The molecule has 2 fully saturated rings. The smallest absolute Gasteiger partial charge is 0.240 e. The van der Waals surface area contributed by atoms with Gasteiger partial charge in [-0.05, 0) is 37.0 Å². The number of nitrogens with zero attached hydrogens (tertiary/aromatic N) is 1. The standard InChI is InChI=1S/C18H25FN2O2/c19-16-5-3-15(4-6-16)7-10-20-17(22)18(8-1-2-9-18)21-11-13-23-14-12-21/h3-6H,1-2,7-14H2,(H,20,22). The average molecular weight is 320 g/mol. The summed E-state index contributed by atoms with van der Waals surface area (Å²) < 4.78 is 18.3. The Balaban J connectivity index is 1.57. The third-order valence-electron chi connectivity index (χ3n) is 5.08. The molecule has 126 valence electrons. The number of halogens is 1. The van der Waals surface area contributed by atoms with E-state index in [0.29, 0.717) is 19.8 Å². The maximum atomic E-state index is 12.9. The van der Waals surface area contributed by atoms with Gasteiger partial charge in [-0.15, -0.1) is 0 Å². The van der Waals surface area contributed by atoms with Crippen molar-refractivity contribution in [2.75, 3.05) is 32.8 Å². The van der Waals surface area contributed by atoms with Gasteiger partial charge in [0.2, 0.25) is 5.91 Å². The van der Waals surface area contributed by atoms with Gasteiger partial charge in [-0.2, -0.15) is 0 Å². The lowest BCUT2D eigenvalue weighted by Crippen LogP contribution is -2.60. The fraction of sp³-hybridized carbons (Fsp3) is 0.611. The highest BCUT2D eigenvalue weighted by atomic mass is 19.1. The van der Waals surface area contributed by atoms with Crippen LogP contribution < -0.4 is 5.32 Å². The second-order valence-electron chi connectivity index (χ2n) is 6.47. The quantitative estimate of drug-likeness (QED) is 0.904. The summed E-state index contributed by atoms with van der Waals surface area (Å²) in [5.41, 5.74) is 0.700. The highest BCUT2D eigenvalue weighted by Gasteiger charge is 2.46. The van der Waals surface area contributed by atoms with Crippen LogP contribution in [0.2, 0.25) is 0 Å². The number of hydrogen-bond acceptors (Lipinski definition) is 3. The molecule has 1 aromatic rings. The molecule has 4 nitrogen and oxygen atoms in total. The number of benzene rings is 1. The summed E-state index contributed by atoms with van der Waals surface area (Å²) in [5.74, 6) is -0.0750. The molecule has 0 aromatic heterocycles. The van der Waals surface area contributed by atoms with Crippen molar-refractivity contribution in [2.45, 2.75) is 37.6 Å². The van der Waals surface area contributed by atoms with E-state index >= 15 is 0 Å². The number of nitrogens with one attached hydrogen (secondary N) is 1. The van der Waals surface area contributed by atoms with Crippen molar-refractivity contribution >= 4 is 5.91 Å². The van der Waals surface area contributed by atoms with Gasteiger partial charge >= 0.3 is 0 Å². The molecule has 1 saturated carbocycles. The van der Waals surface area contributed by atoms with Gasteiger partial charge in [0.15, 0.2) is 0 Å². The topological polar surface area (TPSA) is 41.6 Å². The lowest BCUT2D eigenvalue weighted by molar-refractivity contribution is -0.136. The predicted octanol–water partition coefficient (Wildman–Crippen LogP) is 2.13. The van der Waals surface area contributed by atoms with E-state index in [0.717, 1.165) is 50.8 Å². The zero-order valence-electron chi connectivity index (χ0n) is 13.5. The Hall–Kier alpha value is -1.46. The second-order valence-corrected chi connectivity index (χ2v) is 6.47. The van der Waals surface area contributed by atoms with Crippen LogP contribution in [0.15, 0.2) is 24.3 Å². The minimum Gasteiger partial charge on any atom is -0.379 e. The SMILES string of the molecule is O=C(NCCc1ccc(F)cc1)C1(N2CCOCC2)CCCC1. The molecule has 2 aliphatic rings. The molecule has 1 amide bonds. The maximum Gasteiger partial charge on any atom is 0.240 e. The van der Waals surface area contributed by atoms with Crippen LogP contribution in [0, 0.1) is 5.82 Å². The number of amides is 1. The first kappa shape index (κ1) is 16.4. The molecule has 0 spiro atoms. The van der Waals surface area contributed by atoms with E-state index in [1.807, 2.05) is 0 Å². The van der Waals surface area contributed by atoms with Gasteiger partial charge in [0, 0.05) is 19.6 Å². The summed E-state index contributed by atoms with van der Waals surface area (Å²) in [7, 11) is 0. The van der Waals surface area contributed by atoms with E-state index in [1.165, 1.54) is 12.1 Å². The van der Waals surface area contributed by atoms with Gasteiger partial charge in [-0.1, -0.05) is 25.0 Å². The fourth-order valence-electron chi connectivity index (χ4n) is 3.77. The van der Waals surface area contributed by atoms with Gasteiger partial charge in [0.25, 0.3) is 0 Å². The molecule has 1 N–H and O–H groups in total. The number of carbonyl (C=O) groups is 1. The summed E-state index contributed by atoms with van der Waals surface area (Å²) in [6, 6.07) is 6.47. The number of rotatable bonds is 5. The van der Waals surface area contributed by atoms with Crippen molar-refractivity contribution in [2.24, 2.45) is 0 Å². The Kier molecular flexibility index (Phi) is 5.28. The minimum absolute atomic E-state index is 0.152. The number of morpholine rings is 1. The first-order chi connectivity index (χ1) is 11.2. The van der Waals surface area contributed by atoms with E-state index in [1.54, 1.807) is 12.1 Å². The van der Waals surface area contributed by atoms with E-state index < -0.39 is 0 Å². The van der Waals surface area contributed by atoms with Crippen molar-refractivity contribution in [3.63, 3.8) is 0 Å². The highest BCUT2D eigenvalue weighted by molar-refractivity contribution is 5.86. The van der Waals surface area contributed by atoms with Crippen LogP contribution in [0.4, 0.5) is 4.39 Å². The Morgan fingerprint density at radius 3 is 2.48 bits per heavy atom. The molecule has 1 aliphatic heterocycles. The Morgan fingerprint density at radius 1 is 1.17 bits per heavy atom. The molecule has 0 bridgehead atoms. The molecule has 1 aliphatic carbocycles. The summed E-state index contributed by atoms with van der Waals surface area (Å²) in [6.07, 6.45) is 4.83. The van der Waals surface area contributed by atoms with Crippen LogP contribution in [0.5, 0.6) is 0 Å².